The molecule has 7 heteroatoms. The van der Waals surface area contributed by atoms with E-state index in [1.54, 1.807) is 26.2 Å². The lowest BCUT2D eigenvalue weighted by Crippen LogP contribution is -2.49. The molecule has 0 unspecified atom stereocenters. The number of rotatable bonds is 5. The first kappa shape index (κ1) is 16.6. The molecule has 2 aromatic heterocycles. The number of pyridine rings is 1. The van der Waals surface area contributed by atoms with Crippen molar-refractivity contribution in [1.82, 2.24) is 19.9 Å². The molecule has 0 saturated carbocycles. The molecule has 0 aromatic carbocycles. The summed E-state index contributed by atoms with van der Waals surface area (Å²) in [5.74, 6) is -0.272. The van der Waals surface area contributed by atoms with Crippen LogP contribution in [0.5, 0.6) is 0 Å². The second kappa shape index (κ2) is 7.11. The molecule has 1 aliphatic heterocycles. The number of piperazine rings is 1. The molecule has 1 saturated heterocycles. The lowest BCUT2D eigenvalue weighted by Gasteiger charge is -2.37. The maximum absolute atomic E-state index is 11.8. The molecule has 1 atom stereocenters. The average Bonchev–Trinajstić information content (AvgIpc) is 2.90. The van der Waals surface area contributed by atoms with Gasteiger partial charge in [-0.2, -0.15) is 0 Å². The zero-order valence-corrected chi connectivity index (χ0v) is 14.0. The van der Waals surface area contributed by atoms with Gasteiger partial charge in [-0.3, -0.25) is 19.6 Å². The molecule has 24 heavy (non-hydrogen) atoms. The summed E-state index contributed by atoms with van der Waals surface area (Å²) in [7, 11) is 0. The first-order valence-corrected chi connectivity index (χ1v) is 8.07. The number of carbonyl (C=O) groups is 1. The summed E-state index contributed by atoms with van der Waals surface area (Å²) in [5.41, 5.74) is 2.56. The zero-order chi connectivity index (χ0) is 17.1. The fraction of sp³-hybridized carbons (Fsp3) is 0.471. The highest BCUT2D eigenvalue weighted by atomic mass is 16.5. The SMILES string of the molecule is Cc1noc(C)c1[C@@H](C(=O)O)N1CCN(Cc2ccncc2)CC1. The van der Waals surface area contributed by atoms with Crippen molar-refractivity contribution in [2.75, 3.05) is 26.2 Å². The van der Waals surface area contributed by atoms with Crippen LogP contribution in [0.2, 0.25) is 0 Å². The van der Waals surface area contributed by atoms with Crippen LogP contribution in [0.25, 0.3) is 0 Å². The van der Waals surface area contributed by atoms with Crippen LogP contribution in [0.1, 0.15) is 28.6 Å². The summed E-state index contributed by atoms with van der Waals surface area (Å²) in [4.78, 5) is 20.2. The van der Waals surface area contributed by atoms with Crippen molar-refractivity contribution in [2.24, 2.45) is 0 Å². The molecule has 0 spiro atoms. The van der Waals surface area contributed by atoms with Crippen molar-refractivity contribution in [2.45, 2.75) is 26.4 Å². The van der Waals surface area contributed by atoms with Gasteiger partial charge in [-0.1, -0.05) is 5.16 Å². The molecule has 0 radical (unpaired) electrons. The van der Waals surface area contributed by atoms with Gasteiger partial charge in [-0.15, -0.1) is 0 Å². The Labute approximate surface area is 140 Å². The monoisotopic (exact) mass is 330 g/mol. The van der Waals surface area contributed by atoms with E-state index in [1.807, 2.05) is 17.0 Å². The maximum Gasteiger partial charge on any atom is 0.325 e. The Bertz CT molecular complexity index is 674. The van der Waals surface area contributed by atoms with Crippen LogP contribution in [0.15, 0.2) is 29.0 Å². The van der Waals surface area contributed by atoms with E-state index in [0.29, 0.717) is 30.1 Å². The Morgan fingerprint density at radius 3 is 2.46 bits per heavy atom. The lowest BCUT2D eigenvalue weighted by molar-refractivity contribution is -0.144. The van der Waals surface area contributed by atoms with E-state index in [2.05, 4.69) is 15.0 Å². The highest BCUT2D eigenvalue weighted by Crippen LogP contribution is 2.28. The number of carboxylic acid groups (broad SMARTS) is 1. The molecular weight excluding hydrogens is 308 g/mol. The predicted octanol–water partition coefficient (Wildman–Crippen LogP) is 1.63. The fourth-order valence-corrected chi connectivity index (χ4v) is 3.27. The molecule has 1 N–H and O–H groups in total. The first-order chi connectivity index (χ1) is 11.6. The van der Waals surface area contributed by atoms with E-state index < -0.39 is 12.0 Å². The average molecular weight is 330 g/mol. The van der Waals surface area contributed by atoms with Gasteiger partial charge in [0.2, 0.25) is 0 Å². The minimum atomic E-state index is -0.855. The summed E-state index contributed by atoms with van der Waals surface area (Å²) in [5, 5.41) is 13.6. The summed E-state index contributed by atoms with van der Waals surface area (Å²) >= 11 is 0. The van der Waals surface area contributed by atoms with Gasteiger partial charge in [-0.25, -0.2) is 0 Å². The van der Waals surface area contributed by atoms with Gasteiger partial charge in [0.1, 0.15) is 11.8 Å². The second-order valence-corrected chi connectivity index (χ2v) is 6.15. The minimum absolute atomic E-state index is 0.583. The van der Waals surface area contributed by atoms with Crippen LogP contribution in [0.3, 0.4) is 0 Å². The van der Waals surface area contributed by atoms with E-state index in [4.69, 9.17) is 4.52 Å². The van der Waals surface area contributed by atoms with Crippen molar-refractivity contribution >= 4 is 5.97 Å². The highest BCUT2D eigenvalue weighted by Gasteiger charge is 2.34. The van der Waals surface area contributed by atoms with E-state index in [0.717, 1.165) is 19.6 Å². The second-order valence-electron chi connectivity index (χ2n) is 6.15. The van der Waals surface area contributed by atoms with Gasteiger partial charge in [0, 0.05) is 50.7 Å². The molecule has 3 heterocycles. The van der Waals surface area contributed by atoms with E-state index in [-0.39, 0.29) is 0 Å². The first-order valence-electron chi connectivity index (χ1n) is 8.07. The van der Waals surface area contributed by atoms with Crippen LogP contribution in [-0.4, -0.2) is 57.2 Å². The number of hydrogen-bond donors (Lipinski definition) is 1. The standard InChI is InChI=1S/C17H22N4O3/c1-12-15(13(2)24-19-12)16(17(22)23)21-9-7-20(8-10-21)11-14-3-5-18-6-4-14/h3-6,16H,7-11H2,1-2H3,(H,22,23)/t16-/m0/s1. The highest BCUT2D eigenvalue weighted by molar-refractivity contribution is 5.76. The van der Waals surface area contributed by atoms with E-state index in [9.17, 15) is 9.90 Å². The van der Waals surface area contributed by atoms with Gasteiger partial charge in [-0.05, 0) is 31.5 Å². The Kier molecular flexibility index (Phi) is 4.92. The third-order valence-electron chi connectivity index (χ3n) is 4.52. The molecular formula is C17H22N4O3. The molecule has 7 nitrogen and oxygen atoms in total. The Morgan fingerprint density at radius 2 is 1.92 bits per heavy atom. The summed E-state index contributed by atoms with van der Waals surface area (Å²) in [6.45, 7) is 7.48. The Morgan fingerprint density at radius 1 is 1.25 bits per heavy atom. The number of nitrogens with zero attached hydrogens (tertiary/aromatic N) is 4. The van der Waals surface area contributed by atoms with Gasteiger partial charge in [0.15, 0.2) is 0 Å². The van der Waals surface area contributed by atoms with Crippen molar-refractivity contribution in [3.63, 3.8) is 0 Å². The maximum atomic E-state index is 11.8. The van der Waals surface area contributed by atoms with Crippen LogP contribution >= 0.6 is 0 Å². The van der Waals surface area contributed by atoms with Gasteiger partial charge in [0.05, 0.1) is 5.69 Å². The van der Waals surface area contributed by atoms with Crippen LogP contribution < -0.4 is 0 Å². The number of aromatic nitrogens is 2. The van der Waals surface area contributed by atoms with Crippen molar-refractivity contribution in [1.29, 1.82) is 0 Å². The summed E-state index contributed by atoms with van der Waals surface area (Å²) in [6.07, 6.45) is 3.59. The Hall–Kier alpha value is -2.25. The zero-order valence-electron chi connectivity index (χ0n) is 14.0. The van der Waals surface area contributed by atoms with Gasteiger partial charge >= 0.3 is 5.97 Å². The predicted molar refractivity (Wildman–Crippen MR) is 87.4 cm³/mol. The Balaban J connectivity index is 1.67. The number of hydrogen-bond acceptors (Lipinski definition) is 6. The molecule has 0 amide bonds. The van der Waals surface area contributed by atoms with Crippen molar-refractivity contribution in [3.8, 4) is 0 Å². The molecule has 1 fully saturated rings. The van der Waals surface area contributed by atoms with Gasteiger partial charge < -0.3 is 9.63 Å². The normalized spacial score (nSPS) is 17.8. The number of carboxylic acids is 1. The summed E-state index contributed by atoms with van der Waals surface area (Å²) < 4.78 is 5.16. The number of aryl methyl sites for hydroxylation is 2. The largest absolute Gasteiger partial charge is 0.480 e. The smallest absolute Gasteiger partial charge is 0.325 e. The van der Waals surface area contributed by atoms with E-state index in [1.165, 1.54) is 5.56 Å². The molecule has 1 aliphatic rings. The van der Waals surface area contributed by atoms with Crippen LogP contribution in [-0.2, 0) is 11.3 Å². The third kappa shape index (κ3) is 3.47. The fourth-order valence-electron chi connectivity index (χ4n) is 3.27. The quantitative estimate of drug-likeness (QED) is 0.892. The topological polar surface area (TPSA) is 82.7 Å². The van der Waals surface area contributed by atoms with Crippen molar-refractivity contribution in [3.05, 3.63) is 47.1 Å². The molecule has 3 rings (SSSR count). The van der Waals surface area contributed by atoms with E-state index >= 15 is 0 Å². The van der Waals surface area contributed by atoms with Crippen LogP contribution in [0, 0.1) is 13.8 Å². The molecule has 2 aromatic rings. The lowest BCUT2D eigenvalue weighted by atomic mass is 10.0. The minimum Gasteiger partial charge on any atom is -0.480 e. The number of aliphatic carboxylic acids is 1. The third-order valence-corrected chi connectivity index (χ3v) is 4.52. The van der Waals surface area contributed by atoms with Crippen molar-refractivity contribution < 1.29 is 14.4 Å². The molecule has 0 bridgehead atoms. The summed E-state index contributed by atoms with van der Waals surface area (Å²) in [6, 6.07) is 3.33. The van der Waals surface area contributed by atoms with Crippen LogP contribution in [0.4, 0.5) is 0 Å². The molecule has 0 aliphatic carbocycles. The van der Waals surface area contributed by atoms with Gasteiger partial charge in [0.25, 0.3) is 0 Å². The molecule has 128 valence electrons.